The van der Waals surface area contributed by atoms with E-state index < -0.39 is 5.82 Å². The summed E-state index contributed by atoms with van der Waals surface area (Å²) in [6, 6.07) is 4.49. The third-order valence-corrected chi connectivity index (χ3v) is 3.79. The SMILES string of the molecule is CCCNC(=O)N1CCN(c2ccc(C(C)=O)cc2F)CC1. The van der Waals surface area contributed by atoms with Gasteiger partial charge in [-0.05, 0) is 31.5 Å². The largest absolute Gasteiger partial charge is 0.366 e. The Bertz CT molecular complexity index is 554. The maximum atomic E-state index is 14.1. The van der Waals surface area contributed by atoms with Crippen LogP contribution in [0.25, 0.3) is 0 Å². The number of piperazine rings is 1. The number of ketones is 1. The molecule has 0 saturated carbocycles. The molecule has 1 aromatic rings. The Balaban J connectivity index is 1.97. The molecule has 0 aliphatic carbocycles. The number of hydrogen-bond donors (Lipinski definition) is 1. The van der Waals surface area contributed by atoms with Gasteiger partial charge in [0.05, 0.1) is 5.69 Å². The summed E-state index contributed by atoms with van der Waals surface area (Å²) in [5, 5.41) is 2.84. The van der Waals surface area contributed by atoms with Gasteiger partial charge in [-0.1, -0.05) is 6.92 Å². The molecule has 1 N–H and O–H groups in total. The lowest BCUT2D eigenvalue weighted by atomic mass is 10.1. The molecule has 1 aliphatic rings. The summed E-state index contributed by atoms with van der Waals surface area (Å²) >= 11 is 0. The number of nitrogens with one attached hydrogen (secondary N) is 1. The van der Waals surface area contributed by atoms with Crippen LogP contribution >= 0.6 is 0 Å². The van der Waals surface area contributed by atoms with E-state index in [0.29, 0.717) is 44.0 Å². The molecule has 2 amide bonds. The van der Waals surface area contributed by atoms with Crippen molar-refractivity contribution >= 4 is 17.5 Å². The molecule has 0 atom stereocenters. The summed E-state index contributed by atoms with van der Waals surface area (Å²) in [4.78, 5) is 26.8. The monoisotopic (exact) mass is 307 g/mol. The van der Waals surface area contributed by atoms with Gasteiger partial charge in [0, 0.05) is 38.3 Å². The summed E-state index contributed by atoms with van der Waals surface area (Å²) in [7, 11) is 0. The number of amides is 2. The van der Waals surface area contributed by atoms with Crippen LogP contribution in [-0.2, 0) is 0 Å². The molecule has 2 rings (SSSR count). The zero-order valence-corrected chi connectivity index (χ0v) is 13.1. The molecule has 0 spiro atoms. The second-order valence-corrected chi connectivity index (χ2v) is 5.43. The summed E-state index contributed by atoms with van der Waals surface area (Å²) in [6.45, 7) is 6.37. The van der Waals surface area contributed by atoms with Gasteiger partial charge in [-0.2, -0.15) is 0 Å². The van der Waals surface area contributed by atoms with Crippen molar-refractivity contribution in [3.8, 4) is 0 Å². The predicted molar refractivity (Wildman–Crippen MR) is 83.9 cm³/mol. The van der Waals surface area contributed by atoms with E-state index in [1.165, 1.54) is 13.0 Å². The number of rotatable bonds is 4. The second kappa shape index (κ2) is 7.24. The first-order valence-corrected chi connectivity index (χ1v) is 7.61. The minimum Gasteiger partial charge on any atom is -0.366 e. The highest BCUT2D eigenvalue weighted by atomic mass is 19.1. The minimum atomic E-state index is -0.392. The van der Waals surface area contributed by atoms with E-state index in [4.69, 9.17) is 0 Å². The van der Waals surface area contributed by atoms with E-state index in [1.807, 2.05) is 11.8 Å². The van der Waals surface area contributed by atoms with Crippen molar-refractivity contribution in [2.75, 3.05) is 37.6 Å². The Morgan fingerprint density at radius 3 is 2.45 bits per heavy atom. The highest BCUT2D eigenvalue weighted by Gasteiger charge is 2.22. The highest BCUT2D eigenvalue weighted by Crippen LogP contribution is 2.22. The highest BCUT2D eigenvalue weighted by molar-refractivity contribution is 5.94. The number of Topliss-reactive ketones (excluding diaryl/α,β-unsaturated/α-hetero) is 1. The van der Waals surface area contributed by atoms with Gasteiger partial charge >= 0.3 is 6.03 Å². The molecule has 6 heteroatoms. The lowest BCUT2D eigenvalue weighted by Gasteiger charge is -2.36. The van der Waals surface area contributed by atoms with Gasteiger partial charge in [0.15, 0.2) is 5.78 Å². The van der Waals surface area contributed by atoms with Crippen molar-refractivity contribution in [2.45, 2.75) is 20.3 Å². The lowest BCUT2D eigenvalue weighted by Crippen LogP contribution is -2.52. The first-order chi connectivity index (χ1) is 10.5. The summed E-state index contributed by atoms with van der Waals surface area (Å²) in [6.07, 6.45) is 0.902. The van der Waals surface area contributed by atoms with Crippen LogP contribution in [0.4, 0.5) is 14.9 Å². The molecule has 1 fully saturated rings. The fourth-order valence-corrected chi connectivity index (χ4v) is 2.48. The molecular formula is C16H22FN3O2. The van der Waals surface area contributed by atoms with Gasteiger partial charge in [-0.3, -0.25) is 4.79 Å². The van der Waals surface area contributed by atoms with Gasteiger partial charge in [-0.25, -0.2) is 9.18 Å². The van der Waals surface area contributed by atoms with E-state index in [0.717, 1.165) is 6.42 Å². The maximum Gasteiger partial charge on any atom is 0.317 e. The number of hydrogen-bond acceptors (Lipinski definition) is 3. The Kier molecular flexibility index (Phi) is 5.35. The van der Waals surface area contributed by atoms with Crippen LogP contribution in [0.3, 0.4) is 0 Å². The Hall–Kier alpha value is -2.11. The summed E-state index contributed by atoms with van der Waals surface area (Å²) in [5.74, 6) is -0.542. The van der Waals surface area contributed by atoms with Crippen molar-refractivity contribution in [3.05, 3.63) is 29.6 Å². The number of halogens is 1. The Morgan fingerprint density at radius 2 is 1.91 bits per heavy atom. The Labute approximate surface area is 130 Å². The number of benzene rings is 1. The van der Waals surface area contributed by atoms with Crippen molar-refractivity contribution in [2.24, 2.45) is 0 Å². The van der Waals surface area contributed by atoms with Gasteiger partial charge < -0.3 is 15.1 Å². The number of carbonyl (C=O) groups excluding carboxylic acids is 2. The number of carbonyl (C=O) groups is 2. The first kappa shape index (κ1) is 16.3. The molecule has 1 aromatic carbocycles. The first-order valence-electron chi connectivity index (χ1n) is 7.61. The van der Waals surface area contributed by atoms with Crippen molar-refractivity contribution in [1.82, 2.24) is 10.2 Å². The lowest BCUT2D eigenvalue weighted by molar-refractivity contribution is 0.101. The average Bonchev–Trinajstić information content (AvgIpc) is 2.52. The van der Waals surface area contributed by atoms with Crippen LogP contribution < -0.4 is 10.2 Å². The van der Waals surface area contributed by atoms with Crippen molar-refractivity contribution in [1.29, 1.82) is 0 Å². The van der Waals surface area contributed by atoms with Crippen LogP contribution in [-0.4, -0.2) is 49.4 Å². The van der Waals surface area contributed by atoms with E-state index in [9.17, 15) is 14.0 Å². The molecule has 0 unspecified atom stereocenters. The zero-order valence-electron chi connectivity index (χ0n) is 13.1. The smallest absolute Gasteiger partial charge is 0.317 e. The summed E-state index contributed by atoms with van der Waals surface area (Å²) in [5.41, 5.74) is 0.859. The van der Waals surface area contributed by atoms with E-state index in [1.54, 1.807) is 17.0 Å². The molecule has 1 aliphatic heterocycles. The third kappa shape index (κ3) is 3.75. The molecule has 0 radical (unpaired) electrons. The fourth-order valence-electron chi connectivity index (χ4n) is 2.48. The number of urea groups is 1. The summed E-state index contributed by atoms with van der Waals surface area (Å²) < 4.78 is 14.1. The van der Waals surface area contributed by atoms with Crippen molar-refractivity contribution in [3.63, 3.8) is 0 Å². The van der Waals surface area contributed by atoms with Gasteiger partial charge in [-0.15, -0.1) is 0 Å². The van der Waals surface area contributed by atoms with Gasteiger partial charge in [0.2, 0.25) is 0 Å². The average molecular weight is 307 g/mol. The molecule has 0 aromatic heterocycles. The molecule has 5 nitrogen and oxygen atoms in total. The minimum absolute atomic E-state index is 0.0612. The quantitative estimate of drug-likeness (QED) is 0.868. The van der Waals surface area contributed by atoms with Gasteiger partial charge in [0.1, 0.15) is 5.82 Å². The van der Waals surface area contributed by atoms with Crippen LogP contribution in [0.15, 0.2) is 18.2 Å². The van der Waals surface area contributed by atoms with Crippen molar-refractivity contribution < 1.29 is 14.0 Å². The molecule has 120 valence electrons. The Morgan fingerprint density at radius 1 is 1.23 bits per heavy atom. The third-order valence-electron chi connectivity index (χ3n) is 3.79. The molecule has 22 heavy (non-hydrogen) atoms. The van der Waals surface area contributed by atoms with E-state index in [2.05, 4.69) is 5.32 Å². The maximum absolute atomic E-state index is 14.1. The number of anilines is 1. The molecule has 1 heterocycles. The standard InChI is InChI=1S/C16H22FN3O2/c1-3-6-18-16(22)20-9-7-19(8-10-20)15-5-4-13(12(2)21)11-14(15)17/h4-5,11H,3,6-10H2,1-2H3,(H,18,22). The van der Waals surface area contributed by atoms with Crippen LogP contribution in [0.1, 0.15) is 30.6 Å². The molecule has 1 saturated heterocycles. The van der Waals surface area contributed by atoms with E-state index in [-0.39, 0.29) is 11.8 Å². The topological polar surface area (TPSA) is 52.7 Å². The second-order valence-electron chi connectivity index (χ2n) is 5.43. The number of nitrogens with zero attached hydrogens (tertiary/aromatic N) is 2. The fraction of sp³-hybridized carbons (Fsp3) is 0.500. The van der Waals surface area contributed by atoms with Gasteiger partial charge in [0.25, 0.3) is 0 Å². The molecular weight excluding hydrogens is 285 g/mol. The zero-order chi connectivity index (χ0) is 16.1. The molecule has 0 bridgehead atoms. The van der Waals surface area contributed by atoms with E-state index >= 15 is 0 Å². The predicted octanol–water partition coefficient (Wildman–Crippen LogP) is 2.27. The van der Waals surface area contributed by atoms with Crippen LogP contribution in [0, 0.1) is 5.82 Å². The van der Waals surface area contributed by atoms with Crippen LogP contribution in [0.2, 0.25) is 0 Å². The normalized spacial score (nSPS) is 14.9. The van der Waals surface area contributed by atoms with Crippen LogP contribution in [0.5, 0.6) is 0 Å².